The third-order valence-corrected chi connectivity index (χ3v) is 3.14. The standard InChI is InChI=1S/C12H14ClN3O2/c1-3-9-4-5-15-16(9)11-10(13)6-8(7-14-11)12(17)18-2/h5-7,9H,3-4H2,1-2H3. The SMILES string of the molecule is CCC1CC=NN1c1ncc(C(=O)OC)cc1Cl. The number of carbonyl (C=O) groups is 1. The summed E-state index contributed by atoms with van der Waals surface area (Å²) in [5.41, 5.74) is 0.336. The summed E-state index contributed by atoms with van der Waals surface area (Å²) in [6, 6.07) is 1.83. The van der Waals surface area contributed by atoms with Crippen LogP contribution in [0.2, 0.25) is 5.02 Å². The van der Waals surface area contributed by atoms with Crippen LogP contribution < -0.4 is 5.01 Å². The van der Waals surface area contributed by atoms with E-state index in [-0.39, 0.29) is 6.04 Å². The van der Waals surface area contributed by atoms with Crippen molar-refractivity contribution in [2.24, 2.45) is 5.10 Å². The summed E-state index contributed by atoms with van der Waals surface area (Å²) in [6.07, 6.45) is 5.14. The van der Waals surface area contributed by atoms with E-state index in [1.54, 1.807) is 11.1 Å². The lowest BCUT2D eigenvalue weighted by Crippen LogP contribution is -2.26. The molecule has 1 atom stereocenters. The summed E-state index contributed by atoms with van der Waals surface area (Å²) < 4.78 is 4.62. The monoisotopic (exact) mass is 267 g/mol. The molecule has 0 aromatic carbocycles. The molecule has 0 radical (unpaired) electrons. The molecular weight excluding hydrogens is 254 g/mol. The van der Waals surface area contributed by atoms with Gasteiger partial charge in [-0.1, -0.05) is 18.5 Å². The van der Waals surface area contributed by atoms with Crippen LogP contribution in [0.4, 0.5) is 5.82 Å². The van der Waals surface area contributed by atoms with Crippen molar-refractivity contribution in [3.8, 4) is 0 Å². The minimum Gasteiger partial charge on any atom is -0.465 e. The van der Waals surface area contributed by atoms with E-state index in [2.05, 4.69) is 21.7 Å². The molecule has 1 unspecified atom stereocenters. The van der Waals surface area contributed by atoms with Gasteiger partial charge in [-0.05, 0) is 12.5 Å². The Bertz CT molecular complexity index is 490. The van der Waals surface area contributed by atoms with Crippen LogP contribution in [-0.2, 0) is 4.74 Å². The molecule has 0 spiro atoms. The highest BCUT2D eigenvalue weighted by Gasteiger charge is 2.24. The second-order valence-corrected chi connectivity index (χ2v) is 4.37. The van der Waals surface area contributed by atoms with Gasteiger partial charge in [-0.25, -0.2) is 14.8 Å². The molecule has 1 aliphatic heterocycles. The van der Waals surface area contributed by atoms with E-state index < -0.39 is 5.97 Å². The zero-order chi connectivity index (χ0) is 13.1. The van der Waals surface area contributed by atoms with Crippen molar-refractivity contribution in [1.82, 2.24) is 4.98 Å². The van der Waals surface area contributed by atoms with Crippen molar-refractivity contribution in [2.45, 2.75) is 25.8 Å². The summed E-state index contributed by atoms with van der Waals surface area (Å²) >= 11 is 6.15. The van der Waals surface area contributed by atoms with Gasteiger partial charge in [0.1, 0.15) is 0 Å². The second kappa shape index (κ2) is 5.35. The molecule has 1 aliphatic rings. The maximum absolute atomic E-state index is 11.4. The number of nitrogens with zero attached hydrogens (tertiary/aromatic N) is 3. The number of halogens is 1. The molecule has 1 aromatic heterocycles. The molecule has 2 rings (SSSR count). The van der Waals surface area contributed by atoms with Crippen molar-refractivity contribution in [1.29, 1.82) is 0 Å². The van der Waals surface area contributed by atoms with Gasteiger partial charge in [0, 0.05) is 18.8 Å². The number of hydrazone groups is 1. The highest BCUT2D eigenvalue weighted by molar-refractivity contribution is 6.33. The first kappa shape index (κ1) is 12.8. The molecule has 1 aromatic rings. The average molecular weight is 268 g/mol. The molecule has 96 valence electrons. The van der Waals surface area contributed by atoms with Crippen molar-refractivity contribution in [2.75, 3.05) is 12.1 Å². The molecule has 0 saturated heterocycles. The third kappa shape index (κ3) is 2.31. The van der Waals surface area contributed by atoms with Crippen LogP contribution in [0.15, 0.2) is 17.4 Å². The van der Waals surface area contributed by atoms with E-state index in [9.17, 15) is 4.79 Å². The van der Waals surface area contributed by atoms with Gasteiger partial charge in [-0.3, -0.25) is 0 Å². The number of aromatic nitrogens is 1. The van der Waals surface area contributed by atoms with Gasteiger partial charge in [0.05, 0.1) is 23.7 Å². The molecule has 0 saturated carbocycles. The molecule has 6 heteroatoms. The van der Waals surface area contributed by atoms with Crippen LogP contribution in [0.5, 0.6) is 0 Å². The second-order valence-electron chi connectivity index (χ2n) is 3.96. The average Bonchev–Trinajstić information content (AvgIpc) is 2.85. The third-order valence-electron chi connectivity index (χ3n) is 2.86. The Kier molecular flexibility index (Phi) is 3.81. The number of anilines is 1. The normalized spacial score (nSPS) is 18.2. The Labute approximate surface area is 110 Å². The Morgan fingerprint density at radius 1 is 1.67 bits per heavy atom. The minimum absolute atomic E-state index is 0.277. The summed E-state index contributed by atoms with van der Waals surface area (Å²) in [5, 5.41) is 6.45. The van der Waals surface area contributed by atoms with Crippen molar-refractivity contribution >= 4 is 29.6 Å². The Balaban J connectivity index is 2.30. The lowest BCUT2D eigenvalue weighted by Gasteiger charge is -2.22. The van der Waals surface area contributed by atoms with E-state index in [1.165, 1.54) is 13.3 Å². The highest BCUT2D eigenvalue weighted by Crippen LogP contribution is 2.29. The fraction of sp³-hybridized carbons (Fsp3) is 0.417. The first-order valence-electron chi connectivity index (χ1n) is 5.73. The predicted molar refractivity (Wildman–Crippen MR) is 70.3 cm³/mol. The largest absolute Gasteiger partial charge is 0.465 e. The number of methoxy groups -OCH3 is 1. The lowest BCUT2D eigenvalue weighted by atomic mass is 10.2. The van der Waals surface area contributed by atoms with Gasteiger partial charge in [0.25, 0.3) is 0 Å². The van der Waals surface area contributed by atoms with Crippen LogP contribution in [0.1, 0.15) is 30.1 Å². The minimum atomic E-state index is -0.451. The molecule has 0 N–H and O–H groups in total. The fourth-order valence-corrected chi connectivity index (χ4v) is 2.10. The van der Waals surface area contributed by atoms with E-state index in [0.29, 0.717) is 16.4 Å². The van der Waals surface area contributed by atoms with Crippen LogP contribution in [0.3, 0.4) is 0 Å². The van der Waals surface area contributed by atoms with E-state index in [0.717, 1.165) is 12.8 Å². The molecule has 0 amide bonds. The lowest BCUT2D eigenvalue weighted by molar-refractivity contribution is 0.0600. The van der Waals surface area contributed by atoms with Crippen LogP contribution in [-0.4, -0.2) is 30.3 Å². The molecule has 0 bridgehead atoms. The van der Waals surface area contributed by atoms with Crippen molar-refractivity contribution < 1.29 is 9.53 Å². The van der Waals surface area contributed by atoms with Gasteiger partial charge in [-0.2, -0.15) is 5.10 Å². The summed E-state index contributed by atoms with van der Waals surface area (Å²) in [6.45, 7) is 2.09. The number of pyridine rings is 1. The molecule has 2 heterocycles. The van der Waals surface area contributed by atoms with Crippen LogP contribution >= 0.6 is 11.6 Å². The molecule has 5 nitrogen and oxygen atoms in total. The summed E-state index contributed by atoms with van der Waals surface area (Å²) in [5.74, 6) is 0.123. The van der Waals surface area contributed by atoms with Gasteiger partial charge in [-0.15, -0.1) is 0 Å². The Morgan fingerprint density at radius 3 is 3.06 bits per heavy atom. The maximum Gasteiger partial charge on any atom is 0.339 e. The van der Waals surface area contributed by atoms with Crippen LogP contribution in [0, 0.1) is 0 Å². The smallest absolute Gasteiger partial charge is 0.339 e. The fourth-order valence-electron chi connectivity index (χ4n) is 1.85. The van der Waals surface area contributed by atoms with Crippen molar-refractivity contribution in [3.05, 3.63) is 22.8 Å². The van der Waals surface area contributed by atoms with Gasteiger partial charge in [0.2, 0.25) is 0 Å². The van der Waals surface area contributed by atoms with Crippen molar-refractivity contribution in [3.63, 3.8) is 0 Å². The Morgan fingerprint density at radius 2 is 2.44 bits per heavy atom. The summed E-state index contributed by atoms with van der Waals surface area (Å²) in [7, 11) is 1.32. The Hall–Kier alpha value is -1.62. The number of ether oxygens (including phenoxy) is 1. The first-order chi connectivity index (χ1) is 8.67. The number of esters is 1. The molecule has 18 heavy (non-hydrogen) atoms. The quantitative estimate of drug-likeness (QED) is 0.790. The molecule has 0 aliphatic carbocycles. The van der Waals surface area contributed by atoms with Gasteiger partial charge >= 0.3 is 5.97 Å². The molecule has 0 fully saturated rings. The topological polar surface area (TPSA) is 54.8 Å². The number of hydrogen-bond donors (Lipinski definition) is 0. The predicted octanol–water partition coefficient (Wildman–Crippen LogP) is 2.50. The van der Waals surface area contributed by atoms with Gasteiger partial charge < -0.3 is 4.74 Å². The highest BCUT2D eigenvalue weighted by atomic mass is 35.5. The first-order valence-corrected chi connectivity index (χ1v) is 6.10. The van der Waals surface area contributed by atoms with Crippen LogP contribution in [0.25, 0.3) is 0 Å². The molecular formula is C12H14ClN3O2. The summed E-state index contributed by atoms with van der Waals surface area (Å²) in [4.78, 5) is 15.6. The maximum atomic E-state index is 11.4. The number of rotatable bonds is 3. The van der Waals surface area contributed by atoms with Gasteiger partial charge in [0.15, 0.2) is 5.82 Å². The zero-order valence-electron chi connectivity index (χ0n) is 10.3. The van der Waals surface area contributed by atoms with E-state index in [4.69, 9.17) is 11.6 Å². The number of carbonyl (C=O) groups excluding carboxylic acids is 1. The van der Waals surface area contributed by atoms with E-state index >= 15 is 0 Å². The number of hydrogen-bond acceptors (Lipinski definition) is 5. The van der Waals surface area contributed by atoms with E-state index in [1.807, 2.05) is 6.21 Å². The zero-order valence-corrected chi connectivity index (χ0v) is 11.0.